The fourth-order valence-corrected chi connectivity index (χ4v) is 15.9. The van der Waals surface area contributed by atoms with Gasteiger partial charge in [-0.15, -0.1) is 0 Å². The number of ether oxygens (including phenoxy) is 8. The van der Waals surface area contributed by atoms with Gasteiger partial charge in [0.25, 0.3) is 0 Å². The fourth-order valence-electron chi connectivity index (χ4n) is 15.9. The van der Waals surface area contributed by atoms with Crippen molar-refractivity contribution in [1.82, 2.24) is 38.2 Å². The Labute approximate surface area is 533 Å². The SMILES string of the molecule is CCCc1c2c3c(Cn4cnc5ccccc54)c4c1Cc1c(CCC)c5c(c(Cn6cnc7ccccc76)c1OCO4)OCOc1c(c(CCC)c4c(c1Cn1cnc6ccccc61)OCOc1c(c(CCC)c(c(c1Cn1cnc6ccccc61)OCO3)C2)C4)C5. The van der Waals surface area contributed by atoms with Crippen molar-refractivity contribution in [3.8, 4) is 46.0 Å². The summed E-state index contributed by atoms with van der Waals surface area (Å²) in [6.07, 6.45) is 16.5. The Morgan fingerprint density at radius 2 is 0.467 bits per heavy atom. The first-order chi connectivity index (χ1) is 45.5. The molecule has 8 heterocycles. The van der Waals surface area contributed by atoms with Gasteiger partial charge in [0.1, 0.15) is 46.0 Å². The predicted octanol–water partition coefficient (Wildman–Crippen LogP) is 14.7. The number of hydrogen-bond acceptors (Lipinski definition) is 12. The van der Waals surface area contributed by atoms with E-state index in [9.17, 15) is 0 Å². The molecule has 17 rings (SSSR count). The summed E-state index contributed by atoms with van der Waals surface area (Å²) in [4.78, 5) is 19.8. The van der Waals surface area contributed by atoms with Gasteiger partial charge in [-0.1, -0.05) is 102 Å². The summed E-state index contributed by atoms with van der Waals surface area (Å²) < 4.78 is 67.6. The Morgan fingerprint density at radius 1 is 0.272 bits per heavy atom. The van der Waals surface area contributed by atoms with Crippen LogP contribution in [0.25, 0.3) is 44.1 Å². The van der Waals surface area contributed by atoms with Gasteiger partial charge in [-0.3, -0.25) is 0 Å². The number of hydrogen-bond donors (Lipinski definition) is 0. The maximum absolute atomic E-state index is 7.34. The number of nitrogens with zero attached hydrogens (tertiary/aromatic N) is 8. The number of fused-ring (bicyclic) bond motifs is 4. The molecule has 16 nitrogen and oxygen atoms in total. The Balaban J connectivity index is 1.02. The van der Waals surface area contributed by atoms with Gasteiger partial charge in [0.15, 0.2) is 0 Å². The third-order valence-electron chi connectivity index (χ3n) is 19.8. The number of benzene rings is 8. The monoisotopic (exact) mass is 1220 g/mol. The number of imidazole rings is 4. The van der Waals surface area contributed by atoms with Crippen LogP contribution >= 0.6 is 0 Å². The van der Waals surface area contributed by atoms with Crippen molar-refractivity contribution in [1.29, 1.82) is 0 Å². The second-order valence-corrected chi connectivity index (χ2v) is 25.1. The zero-order valence-corrected chi connectivity index (χ0v) is 52.5. The first kappa shape index (κ1) is 56.1. The van der Waals surface area contributed by atoms with Crippen LogP contribution in [0.2, 0.25) is 0 Å². The van der Waals surface area contributed by atoms with Gasteiger partial charge in [-0.25, -0.2) is 19.9 Å². The van der Waals surface area contributed by atoms with Crippen LogP contribution in [0.5, 0.6) is 46.0 Å². The molecule has 0 amide bonds. The maximum Gasteiger partial charge on any atom is 0.230 e. The highest BCUT2D eigenvalue weighted by molar-refractivity contribution is 5.80. The second-order valence-electron chi connectivity index (χ2n) is 25.1. The van der Waals surface area contributed by atoms with E-state index in [2.05, 4.69) is 119 Å². The smallest absolute Gasteiger partial charge is 0.230 e. The van der Waals surface area contributed by atoms with E-state index in [1.165, 1.54) is 22.3 Å². The standard InChI is InChI=1S/C76H72N8O8/c1-5-17-45-49-29-51-46(18-6-2)53-31-55-48(20-8-4)56-32-54-47(19-7-3)52-30-50(45)70-57(33-81-37-77-61-21-9-13-25-65(61)81)69(49)85-41-87-71(51)58(34-82-38-78-62-22-10-14-26-66(62)82)73(53)89-43-91-75(55)60(36-84-40-80-64-24-12-16-28-68(64)84)76(56)92-44-90-74(54)59(72(52)88-42-86-70)35-83-39-79-63-23-11-15-27-67(63)83/h9-16,21-28,37-40H,5-8,17-20,29-36,41-44H2,1-4H3. The number of aromatic nitrogens is 8. The largest absolute Gasteiger partial charge is 0.457 e. The lowest BCUT2D eigenvalue weighted by Crippen LogP contribution is -2.26. The van der Waals surface area contributed by atoms with Crippen LogP contribution in [0.3, 0.4) is 0 Å². The quantitative estimate of drug-likeness (QED) is 0.0908. The molecule has 464 valence electrons. The van der Waals surface area contributed by atoms with E-state index in [0.717, 1.165) is 208 Å². The second kappa shape index (κ2) is 23.1. The summed E-state index contributed by atoms with van der Waals surface area (Å²) >= 11 is 0. The third kappa shape index (κ3) is 9.13. The summed E-state index contributed by atoms with van der Waals surface area (Å²) in [6, 6.07) is 33.3. The molecular weight excluding hydrogens is 1150 g/mol. The summed E-state index contributed by atoms with van der Waals surface area (Å²) in [5.41, 5.74) is 25.4. The van der Waals surface area contributed by atoms with E-state index in [-0.39, 0.29) is 27.2 Å². The topological polar surface area (TPSA) is 145 Å². The van der Waals surface area contributed by atoms with E-state index in [1.807, 2.05) is 49.6 Å². The van der Waals surface area contributed by atoms with Gasteiger partial charge in [-0.05, 0) is 96.5 Å². The van der Waals surface area contributed by atoms with Gasteiger partial charge in [0, 0.05) is 70.2 Å². The van der Waals surface area contributed by atoms with E-state index >= 15 is 0 Å². The third-order valence-corrected chi connectivity index (χ3v) is 19.8. The fraction of sp³-hybridized carbons (Fsp3) is 0.316. The highest BCUT2D eigenvalue weighted by atomic mass is 16.7. The minimum atomic E-state index is -0.0686. The van der Waals surface area contributed by atoms with Crippen molar-refractivity contribution in [3.63, 3.8) is 0 Å². The lowest BCUT2D eigenvalue weighted by molar-refractivity contribution is 0.0957. The molecule has 0 spiro atoms. The average Bonchev–Trinajstić information content (AvgIpc) is 0.825. The van der Waals surface area contributed by atoms with Crippen molar-refractivity contribution >= 4 is 44.1 Å². The molecule has 16 heteroatoms. The zero-order valence-electron chi connectivity index (χ0n) is 52.5. The average molecular weight is 1230 g/mol. The molecule has 0 N–H and O–H groups in total. The maximum atomic E-state index is 7.34. The lowest BCUT2D eigenvalue weighted by Gasteiger charge is -2.36. The number of rotatable bonds is 16. The predicted molar refractivity (Wildman–Crippen MR) is 353 cm³/mol. The zero-order chi connectivity index (χ0) is 61.6. The molecule has 0 saturated heterocycles. The molecule has 12 aromatic rings. The van der Waals surface area contributed by atoms with Crippen molar-refractivity contribution in [2.75, 3.05) is 27.2 Å². The van der Waals surface area contributed by atoms with Gasteiger partial charge < -0.3 is 56.2 Å². The lowest BCUT2D eigenvalue weighted by atomic mass is 9.78. The van der Waals surface area contributed by atoms with Crippen molar-refractivity contribution < 1.29 is 37.9 Å². The molecule has 0 atom stereocenters. The summed E-state index contributed by atoms with van der Waals surface area (Å²) in [6.45, 7) is 10.6. The molecule has 92 heavy (non-hydrogen) atoms. The van der Waals surface area contributed by atoms with Crippen LogP contribution in [0.4, 0.5) is 0 Å². The molecule has 0 unspecified atom stereocenters. The molecule has 4 aromatic heterocycles. The van der Waals surface area contributed by atoms with Crippen molar-refractivity contribution in [3.05, 3.63) is 211 Å². The van der Waals surface area contributed by atoms with Gasteiger partial charge in [0.2, 0.25) is 27.2 Å². The molecule has 0 radical (unpaired) electrons. The Morgan fingerprint density at radius 3 is 0.663 bits per heavy atom. The molecule has 8 aromatic carbocycles. The summed E-state index contributed by atoms with van der Waals surface area (Å²) in [5.74, 6) is 6.19. The molecule has 0 fully saturated rings. The summed E-state index contributed by atoms with van der Waals surface area (Å²) in [7, 11) is 0. The van der Waals surface area contributed by atoms with Crippen LogP contribution in [0.1, 0.15) is 142 Å². The van der Waals surface area contributed by atoms with E-state index in [1.54, 1.807) is 0 Å². The van der Waals surface area contributed by atoms with Crippen LogP contribution in [-0.4, -0.2) is 65.4 Å². The highest BCUT2D eigenvalue weighted by Gasteiger charge is 2.40. The molecular formula is C76H72N8O8. The Hall–Kier alpha value is -9.96. The van der Waals surface area contributed by atoms with Crippen LogP contribution in [0.15, 0.2) is 122 Å². The Kier molecular flexibility index (Phi) is 14.1. The molecule has 5 aliphatic rings. The van der Waals surface area contributed by atoms with Crippen LogP contribution < -0.4 is 37.9 Å². The highest BCUT2D eigenvalue weighted by Crippen LogP contribution is 2.55. The van der Waals surface area contributed by atoms with E-state index in [4.69, 9.17) is 57.8 Å². The van der Waals surface area contributed by atoms with E-state index in [0.29, 0.717) is 51.9 Å². The minimum Gasteiger partial charge on any atom is -0.457 e. The normalized spacial score (nSPS) is 14.3. The minimum absolute atomic E-state index is 0.0686. The van der Waals surface area contributed by atoms with Crippen LogP contribution in [0, 0.1) is 0 Å². The van der Waals surface area contributed by atoms with Crippen molar-refractivity contribution in [2.45, 2.75) is 131 Å². The molecule has 1 aliphatic carbocycles. The van der Waals surface area contributed by atoms with E-state index < -0.39 is 0 Å². The molecule has 0 saturated carbocycles. The summed E-state index contributed by atoms with van der Waals surface area (Å²) in [5, 5.41) is 0. The molecule has 8 bridgehead atoms. The Bertz CT molecular complexity index is 4200. The first-order valence-corrected chi connectivity index (χ1v) is 32.9. The van der Waals surface area contributed by atoms with Crippen molar-refractivity contribution in [2.24, 2.45) is 0 Å². The van der Waals surface area contributed by atoms with Gasteiger partial charge >= 0.3 is 0 Å². The molecule has 4 aliphatic heterocycles. The first-order valence-electron chi connectivity index (χ1n) is 32.9. The van der Waals surface area contributed by atoms with Gasteiger partial charge in [-0.2, -0.15) is 0 Å². The number of para-hydroxylation sites is 8. The van der Waals surface area contributed by atoms with Crippen LogP contribution in [-0.2, 0) is 77.5 Å². The van der Waals surface area contributed by atoms with Gasteiger partial charge in [0.05, 0.1) is 118 Å².